The Labute approximate surface area is 184 Å². The monoisotopic (exact) mass is 427 g/mol. The van der Waals surface area contributed by atoms with Gasteiger partial charge in [-0.1, -0.05) is 30.3 Å². The summed E-state index contributed by atoms with van der Waals surface area (Å²) in [4.78, 5) is 19.6. The van der Waals surface area contributed by atoms with Crippen LogP contribution in [0.15, 0.2) is 54.6 Å². The maximum absolute atomic E-state index is 12.4. The molecule has 0 spiro atoms. The molecule has 2 aromatic carbocycles. The maximum Gasteiger partial charge on any atom is 0.220 e. The number of hydrogen-bond donors (Lipinski definition) is 2. The molecule has 2 heterocycles. The van der Waals surface area contributed by atoms with Crippen molar-refractivity contribution in [3.63, 3.8) is 0 Å². The lowest BCUT2D eigenvalue weighted by molar-refractivity contribution is -0.121. The minimum Gasteiger partial charge on any atom is -0.356 e. The van der Waals surface area contributed by atoms with Crippen molar-refractivity contribution in [2.45, 2.75) is 19.3 Å². The number of carbonyl (C=O) groups is 1. The summed E-state index contributed by atoms with van der Waals surface area (Å²) in [7, 11) is 0. The van der Waals surface area contributed by atoms with E-state index in [9.17, 15) is 4.79 Å². The predicted octanol–water partition coefficient (Wildman–Crippen LogP) is 2.79. The van der Waals surface area contributed by atoms with Crippen LogP contribution < -0.4 is 10.6 Å². The standard InChI is InChI=1S/C23H29N5O.ClH/c29-23(25-13-6-16-27-17-14-24-15-18-27)12-11-22-26-20-9-4-5-10-21(20)28(22)19-7-2-1-3-8-19;/h1-5,7-10,24H,6,11-18H2,(H,25,29);1H. The van der Waals surface area contributed by atoms with E-state index < -0.39 is 0 Å². The average molecular weight is 428 g/mol. The number of piperazine rings is 1. The van der Waals surface area contributed by atoms with E-state index in [0.717, 1.165) is 68.2 Å². The summed E-state index contributed by atoms with van der Waals surface area (Å²) in [5.41, 5.74) is 3.11. The van der Waals surface area contributed by atoms with Gasteiger partial charge in [0, 0.05) is 51.3 Å². The third-order valence-corrected chi connectivity index (χ3v) is 5.40. The number of nitrogens with one attached hydrogen (secondary N) is 2. The van der Waals surface area contributed by atoms with Gasteiger partial charge >= 0.3 is 0 Å². The average Bonchev–Trinajstić information content (AvgIpc) is 3.15. The molecule has 0 atom stereocenters. The Bertz CT molecular complexity index is 937. The Kier molecular flexibility index (Phi) is 8.25. The van der Waals surface area contributed by atoms with Gasteiger partial charge in [-0.2, -0.15) is 0 Å². The third kappa shape index (κ3) is 5.59. The number of imidazole rings is 1. The summed E-state index contributed by atoms with van der Waals surface area (Å²) < 4.78 is 2.16. The molecule has 0 aliphatic carbocycles. The van der Waals surface area contributed by atoms with Crippen LogP contribution in [0.3, 0.4) is 0 Å². The molecule has 1 aliphatic rings. The predicted molar refractivity (Wildman–Crippen MR) is 124 cm³/mol. The maximum atomic E-state index is 12.4. The summed E-state index contributed by atoms with van der Waals surface area (Å²) in [5.74, 6) is 1.02. The normalized spacial score (nSPS) is 14.4. The number of fused-ring (bicyclic) bond motifs is 1. The smallest absolute Gasteiger partial charge is 0.220 e. The number of aryl methyl sites for hydroxylation is 1. The number of benzene rings is 2. The largest absolute Gasteiger partial charge is 0.356 e. The van der Waals surface area contributed by atoms with Crippen LogP contribution in [0.1, 0.15) is 18.7 Å². The van der Waals surface area contributed by atoms with Crippen molar-refractivity contribution in [2.75, 3.05) is 39.3 Å². The van der Waals surface area contributed by atoms with Crippen molar-refractivity contribution in [2.24, 2.45) is 0 Å². The van der Waals surface area contributed by atoms with E-state index in [0.29, 0.717) is 12.8 Å². The first-order valence-electron chi connectivity index (χ1n) is 10.5. The molecule has 2 N–H and O–H groups in total. The van der Waals surface area contributed by atoms with Gasteiger partial charge in [-0.05, 0) is 37.2 Å². The summed E-state index contributed by atoms with van der Waals surface area (Å²) in [6.45, 7) is 6.11. The summed E-state index contributed by atoms with van der Waals surface area (Å²) in [5, 5.41) is 6.43. The summed E-state index contributed by atoms with van der Waals surface area (Å²) >= 11 is 0. The lowest BCUT2D eigenvalue weighted by atomic mass is 10.2. The number of rotatable bonds is 8. The molecule has 1 aromatic heterocycles. The van der Waals surface area contributed by atoms with Crippen molar-refractivity contribution in [3.8, 4) is 5.69 Å². The second kappa shape index (κ2) is 11.1. The Morgan fingerprint density at radius 1 is 1.03 bits per heavy atom. The van der Waals surface area contributed by atoms with Gasteiger partial charge in [0.1, 0.15) is 5.82 Å². The molecule has 4 rings (SSSR count). The van der Waals surface area contributed by atoms with Crippen molar-refractivity contribution in [1.82, 2.24) is 25.1 Å². The molecule has 1 saturated heterocycles. The van der Waals surface area contributed by atoms with Gasteiger partial charge in [-0.25, -0.2) is 4.98 Å². The fourth-order valence-electron chi connectivity index (χ4n) is 3.89. The molecule has 3 aromatic rings. The molecule has 6 nitrogen and oxygen atoms in total. The van der Waals surface area contributed by atoms with Crippen LogP contribution in [0.4, 0.5) is 0 Å². The molecule has 1 amide bonds. The number of para-hydroxylation sites is 3. The molecular formula is C23H30ClN5O. The van der Waals surface area contributed by atoms with Crippen molar-refractivity contribution in [3.05, 3.63) is 60.4 Å². The Hall–Kier alpha value is -2.41. The first kappa shape index (κ1) is 22.3. The van der Waals surface area contributed by atoms with Crippen molar-refractivity contribution >= 4 is 29.3 Å². The van der Waals surface area contributed by atoms with E-state index >= 15 is 0 Å². The zero-order valence-electron chi connectivity index (χ0n) is 17.2. The number of hydrogen-bond acceptors (Lipinski definition) is 4. The van der Waals surface area contributed by atoms with E-state index in [1.165, 1.54) is 0 Å². The van der Waals surface area contributed by atoms with E-state index in [1.807, 2.05) is 36.4 Å². The van der Waals surface area contributed by atoms with Gasteiger partial charge < -0.3 is 15.5 Å². The molecule has 0 radical (unpaired) electrons. The van der Waals surface area contributed by atoms with E-state index in [-0.39, 0.29) is 18.3 Å². The number of halogens is 1. The van der Waals surface area contributed by atoms with E-state index in [2.05, 4.69) is 38.3 Å². The van der Waals surface area contributed by atoms with Gasteiger partial charge in [0.15, 0.2) is 0 Å². The molecule has 30 heavy (non-hydrogen) atoms. The molecule has 1 fully saturated rings. The van der Waals surface area contributed by atoms with Gasteiger partial charge in [-0.15, -0.1) is 12.4 Å². The van der Waals surface area contributed by atoms with Gasteiger partial charge in [-0.3, -0.25) is 9.36 Å². The Balaban J connectivity index is 0.00000256. The lowest BCUT2D eigenvalue weighted by Crippen LogP contribution is -2.44. The van der Waals surface area contributed by atoms with Gasteiger partial charge in [0.05, 0.1) is 11.0 Å². The Morgan fingerprint density at radius 3 is 2.57 bits per heavy atom. The van der Waals surface area contributed by atoms with Crippen LogP contribution in [0, 0.1) is 0 Å². The lowest BCUT2D eigenvalue weighted by Gasteiger charge is -2.27. The highest BCUT2D eigenvalue weighted by molar-refractivity contribution is 5.85. The first-order chi connectivity index (χ1) is 14.3. The number of nitrogens with zero attached hydrogens (tertiary/aromatic N) is 3. The fourth-order valence-corrected chi connectivity index (χ4v) is 3.89. The second-order valence-corrected chi connectivity index (χ2v) is 7.48. The van der Waals surface area contributed by atoms with Crippen LogP contribution in [-0.2, 0) is 11.2 Å². The molecule has 0 unspecified atom stereocenters. The summed E-state index contributed by atoms with van der Waals surface area (Å²) in [6.07, 6.45) is 2.06. The van der Waals surface area contributed by atoms with Crippen LogP contribution in [0.2, 0.25) is 0 Å². The minimum absolute atomic E-state index is 0. The topological polar surface area (TPSA) is 62.2 Å². The van der Waals surface area contributed by atoms with Crippen molar-refractivity contribution in [1.29, 1.82) is 0 Å². The van der Waals surface area contributed by atoms with Gasteiger partial charge in [0.25, 0.3) is 0 Å². The van der Waals surface area contributed by atoms with Crippen LogP contribution in [0.25, 0.3) is 16.7 Å². The minimum atomic E-state index is 0. The second-order valence-electron chi connectivity index (χ2n) is 7.48. The molecule has 1 aliphatic heterocycles. The first-order valence-corrected chi connectivity index (χ1v) is 10.5. The number of aromatic nitrogens is 2. The van der Waals surface area contributed by atoms with Crippen LogP contribution in [-0.4, -0.2) is 59.6 Å². The van der Waals surface area contributed by atoms with Crippen molar-refractivity contribution < 1.29 is 4.79 Å². The molecule has 0 bridgehead atoms. The molecule has 160 valence electrons. The van der Waals surface area contributed by atoms with E-state index in [4.69, 9.17) is 4.98 Å². The number of carbonyl (C=O) groups excluding carboxylic acids is 1. The molecule has 0 saturated carbocycles. The zero-order valence-corrected chi connectivity index (χ0v) is 18.0. The molecular weight excluding hydrogens is 398 g/mol. The van der Waals surface area contributed by atoms with Gasteiger partial charge in [0.2, 0.25) is 5.91 Å². The third-order valence-electron chi connectivity index (χ3n) is 5.40. The Morgan fingerprint density at radius 2 is 1.77 bits per heavy atom. The highest BCUT2D eigenvalue weighted by atomic mass is 35.5. The SMILES string of the molecule is Cl.O=C(CCc1nc2ccccc2n1-c1ccccc1)NCCCN1CCNCC1. The fraction of sp³-hybridized carbons (Fsp3) is 0.391. The molecule has 7 heteroatoms. The highest BCUT2D eigenvalue weighted by Gasteiger charge is 2.14. The van der Waals surface area contributed by atoms with Crippen LogP contribution in [0.5, 0.6) is 0 Å². The zero-order chi connectivity index (χ0) is 19.9. The summed E-state index contributed by atoms with van der Waals surface area (Å²) in [6, 6.07) is 18.3. The number of amides is 1. The highest BCUT2D eigenvalue weighted by Crippen LogP contribution is 2.22. The van der Waals surface area contributed by atoms with E-state index in [1.54, 1.807) is 0 Å². The van der Waals surface area contributed by atoms with Crippen LogP contribution >= 0.6 is 12.4 Å². The quantitative estimate of drug-likeness (QED) is 0.543.